The van der Waals surface area contributed by atoms with Gasteiger partial charge in [0.05, 0.1) is 10.5 Å². The zero-order valence-corrected chi connectivity index (χ0v) is 16.0. The van der Waals surface area contributed by atoms with Gasteiger partial charge in [0.1, 0.15) is 16.6 Å². The number of thiocarbonyl (C=S) groups is 1. The topological polar surface area (TPSA) is 98.7 Å². The van der Waals surface area contributed by atoms with Gasteiger partial charge >= 0.3 is 0 Å². The number of phenolic OH excluding ortho intramolecular Hbond substituents is 1. The smallest absolute Gasteiger partial charge is 0.273 e. The van der Waals surface area contributed by atoms with Crippen LogP contribution in [0.3, 0.4) is 0 Å². The van der Waals surface area contributed by atoms with Gasteiger partial charge in [-0.25, -0.2) is 0 Å². The fraction of sp³-hybridized carbons (Fsp3) is 0.0526. The molecule has 0 radical (unpaired) electrons. The average Bonchev–Trinajstić information content (AvgIpc) is 2.94. The minimum Gasteiger partial charge on any atom is -0.507 e. The van der Waals surface area contributed by atoms with Gasteiger partial charge in [-0.2, -0.15) is 0 Å². The summed E-state index contributed by atoms with van der Waals surface area (Å²) in [5.74, 6) is -1.89. The highest BCUT2D eigenvalue weighted by atomic mass is 32.2. The van der Waals surface area contributed by atoms with E-state index in [0.717, 1.165) is 22.2 Å². The van der Waals surface area contributed by atoms with E-state index in [1.165, 1.54) is 12.1 Å². The number of amides is 3. The van der Waals surface area contributed by atoms with Crippen molar-refractivity contribution >= 4 is 52.1 Å². The van der Waals surface area contributed by atoms with Gasteiger partial charge in [0.25, 0.3) is 17.7 Å². The van der Waals surface area contributed by atoms with E-state index < -0.39 is 11.8 Å². The molecule has 0 aliphatic carbocycles. The second-order valence-corrected chi connectivity index (χ2v) is 7.37. The highest BCUT2D eigenvalue weighted by molar-refractivity contribution is 8.26. The summed E-state index contributed by atoms with van der Waals surface area (Å²) in [6, 6.07) is 15.2. The first-order chi connectivity index (χ1) is 13.5. The Morgan fingerprint density at radius 1 is 1.07 bits per heavy atom. The Hall–Kier alpha value is -3.17. The summed E-state index contributed by atoms with van der Waals surface area (Å²) in [5.41, 5.74) is 5.26. The van der Waals surface area contributed by atoms with Gasteiger partial charge in [-0.3, -0.25) is 30.1 Å². The third-order valence-corrected chi connectivity index (χ3v) is 5.11. The Bertz CT molecular complexity index is 976. The zero-order chi connectivity index (χ0) is 20.1. The molecule has 0 bridgehead atoms. The lowest BCUT2D eigenvalue weighted by Gasteiger charge is -2.14. The third-order valence-electron chi connectivity index (χ3n) is 3.74. The number of rotatable bonds is 4. The van der Waals surface area contributed by atoms with Crippen LogP contribution in [0.2, 0.25) is 0 Å². The van der Waals surface area contributed by atoms with Gasteiger partial charge in [0, 0.05) is 0 Å². The molecule has 2 aromatic carbocycles. The van der Waals surface area contributed by atoms with Crippen molar-refractivity contribution in [2.75, 3.05) is 6.54 Å². The number of hydrogen-bond donors (Lipinski definition) is 3. The summed E-state index contributed by atoms with van der Waals surface area (Å²) in [6.45, 7) is -0.335. The van der Waals surface area contributed by atoms with Gasteiger partial charge in [0.15, 0.2) is 0 Å². The van der Waals surface area contributed by atoms with Crippen molar-refractivity contribution < 1.29 is 19.5 Å². The number of aromatic hydroxyl groups is 1. The van der Waals surface area contributed by atoms with E-state index in [0.29, 0.717) is 4.91 Å². The standard InChI is InChI=1S/C19H15N3O4S2/c23-14-9-5-4-8-13(14)17(25)21-20-16(24)11-22-18(26)15(28-19(22)27)10-12-6-2-1-3-7-12/h1-10,23H,11H2,(H,20,24)(H,21,25)/b15-10+. The summed E-state index contributed by atoms with van der Waals surface area (Å²) < 4.78 is 0.259. The predicted octanol–water partition coefficient (Wildman–Crippen LogP) is 2.05. The first kappa shape index (κ1) is 19.6. The molecular formula is C19H15N3O4S2. The van der Waals surface area contributed by atoms with Crippen LogP contribution in [-0.2, 0) is 9.59 Å². The number of nitrogens with zero attached hydrogens (tertiary/aromatic N) is 1. The van der Waals surface area contributed by atoms with E-state index in [-0.39, 0.29) is 28.1 Å². The van der Waals surface area contributed by atoms with Crippen LogP contribution in [0.25, 0.3) is 6.08 Å². The molecule has 1 aliphatic rings. The van der Waals surface area contributed by atoms with Crippen molar-refractivity contribution in [3.05, 3.63) is 70.6 Å². The number of phenols is 1. The minimum absolute atomic E-state index is 0.0132. The Kier molecular flexibility index (Phi) is 6.07. The largest absolute Gasteiger partial charge is 0.507 e. The maximum Gasteiger partial charge on any atom is 0.273 e. The van der Waals surface area contributed by atoms with Crippen LogP contribution >= 0.6 is 24.0 Å². The lowest BCUT2D eigenvalue weighted by molar-refractivity contribution is -0.129. The second kappa shape index (κ2) is 8.68. The highest BCUT2D eigenvalue weighted by Crippen LogP contribution is 2.32. The Balaban J connectivity index is 1.59. The van der Waals surface area contributed by atoms with Crippen LogP contribution in [0.4, 0.5) is 0 Å². The Labute approximate surface area is 170 Å². The maximum absolute atomic E-state index is 12.5. The number of hydrazine groups is 1. The molecule has 0 spiro atoms. The lowest BCUT2D eigenvalue weighted by Crippen LogP contribution is -2.47. The molecule has 2 aromatic rings. The summed E-state index contributed by atoms with van der Waals surface area (Å²) >= 11 is 6.30. The van der Waals surface area contributed by atoms with E-state index in [4.69, 9.17) is 12.2 Å². The molecule has 28 heavy (non-hydrogen) atoms. The number of thioether (sulfide) groups is 1. The van der Waals surface area contributed by atoms with Crippen molar-refractivity contribution in [3.8, 4) is 5.75 Å². The summed E-state index contributed by atoms with van der Waals surface area (Å²) in [6.07, 6.45) is 1.71. The number of benzene rings is 2. The van der Waals surface area contributed by atoms with Gasteiger partial charge in [0.2, 0.25) is 0 Å². The molecular weight excluding hydrogens is 398 g/mol. The van der Waals surface area contributed by atoms with Crippen LogP contribution < -0.4 is 10.9 Å². The first-order valence-corrected chi connectivity index (χ1v) is 9.36. The second-order valence-electron chi connectivity index (χ2n) is 5.70. The van der Waals surface area contributed by atoms with Crippen LogP contribution in [0.15, 0.2) is 59.5 Å². The quantitative estimate of drug-likeness (QED) is 0.403. The molecule has 0 unspecified atom stereocenters. The number of carbonyl (C=O) groups is 3. The fourth-order valence-electron chi connectivity index (χ4n) is 2.38. The number of para-hydroxylation sites is 1. The lowest BCUT2D eigenvalue weighted by atomic mass is 10.2. The maximum atomic E-state index is 12.5. The molecule has 1 fully saturated rings. The van der Waals surface area contributed by atoms with Crippen molar-refractivity contribution in [2.45, 2.75) is 0 Å². The molecule has 1 aliphatic heterocycles. The molecule has 0 saturated carbocycles. The van der Waals surface area contributed by atoms with Crippen LogP contribution in [0, 0.1) is 0 Å². The van der Waals surface area contributed by atoms with Crippen molar-refractivity contribution in [2.24, 2.45) is 0 Å². The summed E-state index contributed by atoms with van der Waals surface area (Å²) in [4.78, 5) is 38.2. The third kappa shape index (κ3) is 4.56. The van der Waals surface area contributed by atoms with E-state index in [1.54, 1.807) is 18.2 Å². The number of carbonyl (C=O) groups excluding carboxylic acids is 3. The SMILES string of the molecule is O=C(CN1C(=O)/C(=C\c2ccccc2)SC1=S)NNC(=O)c1ccccc1O. The van der Waals surface area contributed by atoms with Crippen molar-refractivity contribution in [1.82, 2.24) is 15.8 Å². The molecule has 142 valence electrons. The number of hydrogen-bond acceptors (Lipinski definition) is 6. The van der Waals surface area contributed by atoms with E-state index in [9.17, 15) is 19.5 Å². The first-order valence-electron chi connectivity index (χ1n) is 8.13. The minimum atomic E-state index is -0.680. The van der Waals surface area contributed by atoms with Crippen LogP contribution in [0.1, 0.15) is 15.9 Å². The molecule has 7 nitrogen and oxygen atoms in total. The fourth-order valence-corrected chi connectivity index (χ4v) is 3.63. The van der Waals surface area contributed by atoms with Crippen molar-refractivity contribution in [1.29, 1.82) is 0 Å². The van der Waals surface area contributed by atoms with Crippen LogP contribution in [-0.4, -0.2) is 38.6 Å². The normalized spacial score (nSPS) is 15.0. The average molecular weight is 413 g/mol. The molecule has 3 rings (SSSR count). The Morgan fingerprint density at radius 3 is 2.46 bits per heavy atom. The van der Waals surface area contributed by atoms with Gasteiger partial charge in [-0.1, -0.05) is 66.4 Å². The molecule has 1 saturated heterocycles. The van der Waals surface area contributed by atoms with E-state index in [1.807, 2.05) is 30.3 Å². The van der Waals surface area contributed by atoms with E-state index >= 15 is 0 Å². The molecule has 0 aromatic heterocycles. The van der Waals surface area contributed by atoms with E-state index in [2.05, 4.69) is 10.9 Å². The summed E-state index contributed by atoms with van der Waals surface area (Å²) in [5, 5.41) is 9.64. The van der Waals surface area contributed by atoms with Gasteiger partial charge < -0.3 is 5.11 Å². The number of nitrogens with one attached hydrogen (secondary N) is 2. The predicted molar refractivity (Wildman–Crippen MR) is 110 cm³/mol. The molecule has 9 heteroatoms. The Morgan fingerprint density at radius 2 is 1.75 bits per heavy atom. The van der Waals surface area contributed by atoms with Gasteiger partial charge in [-0.15, -0.1) is 0 Å². The van der Waals surface area contributed by atoms with Crippen LogP contribution in [0.5, 0.6) is 5.75 Å². The monoisotopic (exact) mass is 413 g/mol. The van der Waals surface area contributed by atoms with Gasteiger partial charge in [-0.05, 0) is 23.8 Å². The summed E-state index contributed by atoms with van der Waals surface area (Å²) in [7, 11) is 0. The molecule has 1 heterocycles. The molecule has 3 amide bonds. The molecule has 0 atom stereocenters. The highest BCUT2D eigenvalue weighted by Gasteiger charge is 2.33. The zero-order valence-electron chi connectivity index (χ0n) is 14.4. The van der Waals surface area contributed by atoms with Crippen molar-refractivity contribution in [3.63, 3.8) is 0 Å². The molecule has 3 N–H and O–H groups in total.